The Bertz CT molecular complexity index is 1450. The molecular formula is C19H11F2N3O5S2. The average molecular weight is 463 g/mol. The Labute approximate surface area is 179 Å². The minimum Gasteiger partial charge on any atom is -0.468 e. The van der Waals surface area contributed by atoms with Crippen LogP contribution in [0.1, 0.15) is 9.67 Å². The largest absolute Gasteiger partial charge is 0.468 e. The summed E-state index contributed by atoms with van der Waals surface area (Å²) in [6.45, 7) is -0.427. The Balaban J connectivity index is 1.84. The van der Waals surface area contributed by atoms with Crippen LogP contribution in [-0.4, -0.2) is 28.5 Å². The van der Waals surface area contributed by atoms with Gasteiger partial charge in [-0.2, -0.15) is 4.99 Å². The molecule has 0 aliphatic rings. The predicted octanol–water partition coefficient (Wildman–Crippen LogP) is 4.02. The Morgan fingerprint density at radius 1 is 1.16 bits per heavy atom. The summed E-state index contributed by atoms with van der Waals surface area (Å²) in [7, 11) is 1.16. The molecule has 0 saturated heterocycles. The number of ether oxygens (including phenoxy) is 1. The molecule has 0 fully saturated rings. The van der Waals surface area contributed by atoms with Gasteiger partial charge < -0.3 is 9.30 Å². The van der Waals surface area contributed by atoms with Gasteiger partial charge in [0, 0.05) is 28.3 Å². The van der Waals surface area contributed by atoms with E-state index in [0.717, 1.165) is 40.4 Å². The van der Waals surface area contributed by atoms with Crippen LogP contribution in [0.25, 0.3) is 20.3 Å². The lowest BCUT2D eigenvalue weighted by Crippen LogP contribution is -2.22. The van der Waals surface area contributed by atoms with Gasteiger partial charge in [-0.3, -0.25) is 19.7 Å². The Kier molecular flexibility index (Phi) is 5.33. The molecule has 2 aromatic carbocycles. The zero-order valence-electron chi connectivity index (χ0n) is 15.6. The minimum absolute atomic E-state index is 0.0154. The number of benzene rings is 2. The summed E-state index contributed by atoms with van der Waals surface area (Å²) in [5.41, 5.74) is -0.186. The summed E-state index contributed by atoms with van der Waals surface area (Å²) in [5.74, 6) is -3.10. The van der Waals surface area contributed by atoms with Crippen molar-refractivity contribution in [2.75, 3.05) is 7.11 Å². The highest BCUT2D eigenvalue weighted by Gasteiger charge is 2.18. The van der Waals surface area contributed by atoms with Crippen LogP contribution in [0.3, 0.4) is 0 Å². The quantitative estimate of drug-likeness (QED) is 0.258. The van der Waals surface area contributed by atoms with Crippen LogP contribution in [0, 0.1) is 21.7 Å². The molecule has 0 bridgehead atoms. The molecule has 2 aromatic heterocycles. The maximum absolute atomic E-state index is 14.4. The number of hydrogen-bond donors (Lipinski definition) is 0. The highest BCUT2D eigenvalue weighted by atomic mass is 32.1. The number of nitro benzene ring substituents is 1. The van der Waals surface area contributed by atoms with Gasteiger partial charge in [-0.25, -0.2) is 8.78 Å². The van der Waals surface area contributed by atoms with Crippen LogP contribution in [0.4, 0.5) is 14.5 Å². The third kappa shape index (κ3) is 3.94. The topological polar surface area (TPSA) is 104 Å². The van der Waals surface area contributed by atoms with Gasteiger partial charge in [-0.05, 0) is 18.2 Å². The van der Waals surface area contributed by atoms with Gasteiger partial charge in [0.2, 0.25) is 0 Å². The number of nitrogens with zero attached hydrogens (tertiary/aromatic N) is 3. The number of aromatic nitrogens is 1. The Morgan fingerprint density at radius 2 is 1.94 bits per heavy atom. The van der Waals surface area contributed by atoms with Gasteiger partial charge in [0.05, 0.1) is 27.1 Å². The first-order valence-corrected chi connectivity index (χ1v) is 10.2. The number of carbonyl (C=O) groups is 2. The second kappa shape index (κ2) is 7.96. The second-order valence-electron chi connectivity index (χ2n) is 6.29. The summed E-state index contributed by atoms with van der Waals surface area (Å²) >= 11 is 1.93. The number of nitro groups is 1. The van der Waals surface area contributed by atoms with Crippen molar-refractivity contribution in [1.82, 2.24) is 4.57 Å². The lowest BCUT2D eigenvalue weighted by molar-refractivity contribution is -0.384. The van der Waals surface area contributed by atoms with E-state index in [1.807, 2.05) is 0 Å². The number of thiazole rings is 1. The summed E-state index contributed by atoms with van der Waals surface area (Å²) < 4.78 is 34.6. The maximum Gasteiger partial charge on any atom is 0.325 e. The SMILES string of the molecule is COC(=O)Cn1c(=NC(=O)c2cc3cc([N+](=O)[O-])ccc3s2)sc2cc(F)cc(F)c21. The number of esters is 1. The zero-order chi connectivity index (χ0) is 22.3. The number of fused-ring (bicyclic) bond motifs is 2. The van der Waals surface area contributed by atoms with E-state index in [1.54, 1.807) is 0 Å². The predicted molar refractivity (Wildman–Crippen MR) is 110 cm³/mol. The van der Waals surface area contributed by atoms with E-state index in [9.17, 15) is 28.5 Å². The number of rotatable bonds is 4. The number of non-ortho nitro benzene ring substituents is 1. The lowest BCUT2D eigenvalue weighted by atomic mass is 10.2. The number of halogens is 2. The minimum atomic E-state index is -0.904. The van der Waals surface area contributed by atoms with E-state index in [2.05, 4.69) is 9.73 Å². The summed E-state index contributed by atoms with van der Waals surface area (Å²) in [4.78, 5) is 39.1. The fourth-order valence-corrected chi connectivity index (χ4v) is 4.94. The molecule has 0 unspecified atom stereocenters. The molecule has 0 radical (unpaired) electrons. The number of thiophene rings is 1. The summed E-state index contributed by atoms with van der Waals surface area (Å²) in [6, 6.07) is 7.43. The van der Waals surface area contributed by atoms with Gasteiger partial charge >= 0.3 is 5.97 Å². The molecule has 0 spiro atoms. The molecule has 158 valence electrons. The molecular weight excluding hydrogens is 452 g/mol. The fourth-order valence-electron chi connectivity index (χ4n) is 2.95. The third-order valence-electron chi connectivity index (χ3n) is 4.33. The van der Waals surface area contributed by atoms with E-state index in [-0.39, 0.29) is 25.6 Å². The third-order valence-corrected chi connectivity index (χ3v) is 6.46. The van der Waals surface area contributed by atoms with Crippen LogP contribution in [-0.2, 0) is 16.1 Å². The molecule has 0 aliphatic heterocycles. The van der Waals surface area contributed by atoms with Crippen molar-refractivity contribution in [2.45, 2.75) is 6.54 Å². The van der Waals surface area contributed by atoms with Crippen molar-refractivity contribution in [3.8, 4) is 0 Å². The average Bonchev–Trinajstić information content (AvgIpc) is 3.28. The molecule has 1 amide bonds. The fraction of sp³-hybridized carbons (Fsp3) is 0.105. The monoisotopic (exact) mass is 463 g/mol. The smallest absolute Gasteiger partial charge is 0.325 e. The van der Waals surface area contributed by atoms with Crippen molar-refractivity contribution in [3.05, 3.63) is 67.8 Å². The first-order valence-electron chi connectivity index (χ1n) is 8.59. The molecule has 0 atom stereocenters. The van der Waals surface area contributed by atoms with Gasteiger partial charge in [0.1, 0.15) is 12.4 Å². The summed E-state index contributed by atoms with van der Waals surface area (Å²) in [6.07, 6.45) is 0. The molecule has 8 nitrogen and oxygen atoms in total. The van der Waals surface area contributed by atoms with E-state index >= 15 is 0 Å². The van der Waals surface area contributed by atoms with Crippen molar-refractivity contribution >= 4 is 60.5 Å². The molecule has 4 rings (SSSR count). The highest BCUT2D eigenvalue weighted by Crippen LogP contribution is 2.29. The van der Waals surface area contributed by atoms with Gasteiger partial charge in [0.25, 0.3) is 11.6 Å². The molecule has 31 heavy (non-hydrogen) atoms. The van der Waals surface area contributed by atoms with Crippen molar-refractivity contribution in [1.29, 1.82) is 0 Å². The molecule has 4 aromatic rings. The van der Waals surface area contributed by atoms with Crippen LogP contribution in [0.2, 0.25) is 0 Å². The number of methoxy groups -OCH3 is 1. The standard InChI is InChI=1S/C19H11F2N3O5S2/c1-29-16(25)8-23-17-12(21)6-10(20)7-14(17)31-19(23)22-18(26)15-5-9-4-11(24(27)28)2-3-13(9)30-15/h2-7H,8H2,1H3. The van der Waals surface area contributed by atoms with Gasteiger partial charge in [-0.1, -0.05) is 11.3 Å². The van der Waals surface area contributed by atoms with Crippen LogP contribution < -0.4 is 4.80 Å². The van der Waals surface area contributed by atoms with Crippen LogP contribution in [0.15, 0.2) is 41.4 Å². The van der Waals surface area contributed by atoms with Gasteiger partial charge in [0.15, 0.2) is 10.6 Å². The second-order valence-corrected chi connectivity index (χ2v) is 8.38. The van der Waals surface area contributed by atoms with Crippen LogP contribution in [0.5, 0.6) is 0 Å². The number of hydrogen-bond acceptors (Lipinski definition) is 7. The lowest BCUT2D eigenvalue weighted by Gasteiger charge is -2.04. The highest BCUT2D eigenvalue weighted by molar-refractivity contribution is 7.21. The first-order chi connectivity index (χ1) is 14.8. The molecule has 0 N–H and O–H groups in total. The molecule has 0 aliphatic carbocycles. The molecule has 0 saturated carbocycles. The van der Waals surface area contributed by atoms with Crippen molar-refractivity contribution in [2.24, 2.45) is 4.99 Å². The number of carbonyl (C=O) groups excluding carboxylic acids is 2. The van der Waals surface area contributed by atoms with E-state index < -0.39 is 35.0 Å². The first kappa shape index (κ1) is 20.8. The van der Waals surface area contributed by atoms with E-state index in [4.69, 9.17) is 0 Å². The van der Waals surface area contributed by atoms with E-state index in [0.29, 0.717) is 16.2 Å². The summed E-state index contributed by atoms with van der Waals surface area (Å²) in [5, 5.41) is 11.4. The van der Waals surface area contributed by atoms with Gasteiger partial charge in [-0.15, -0.1) is 11.3 Å². The van der Waals surface area contributed by atoms with Crippen molar-refractivity contribution in [3.63, 3.8) is 0 Å². The Morgan fingerprint density at radius 3 is 2.65 bits per heavy atom. The number of amides is 1. The molecule has 12 heteroatoms. The molecule has 2 heterocycles. The normalized spacial score (nSPS) is 11.9. The van der Waals surface area contributed by atoms with Crippen LogP contribution >= 0.6 is 22.7 Å². The van der Waals surface area contributed by atoms with Crippen molar-refractivity contribution < 1.29 is 28.0 Å². The zero-order valence-corrected chi connectivity index (χ0v) is 17.3. The Hall–Kier alpha value is -3.51. The maximum atomic E-state index is 14.4. The van der Waals surface area contributed by atoms with E-state index in [1.165, 1.54) is 24.3 Å².